The van der Waals surface area contributed by atoms with Gasteiger partial charge in [-0.3, -0.25) is 9.20 Å². The van der Waals surface area contributed by atoms with Gasteiger partial charge in [0, 0.05) is 30.3 Å². The van der Waals surface area contributed by atoms with Crippen molar-refractivity contribution in [1.29, 1.82) is 0 Å². The topological polar surface area (TPSA) is 80.7 Å². The number of fused-ring (bicyclic) bond motifs is 2. The van der Waals surface area contributed by atoms with Crippen LogP contribution in [0.5, 0.6) is 5.75 Å². The van der Waals surface area contributed by atoms with Crippen LogP contribution in [0.25, 0.3) is 27.8 Å². The summed E-state index contributed by atoms with van der Waals surface area (Å²) in [5, 5.41) is 4.41. The summed E-state index contributed by atoms with van der Waals surface area (Å²) in [5.41, 5.74) is 3.64. The van der Waals surface area contributed by atoms with Gasteiger partial charge >= 0.3 is 0 Å². The number of anilines is 1. The van der Waals surface area contributed by atoms with Gasteiger partial charge in [-0.15, -0.1) is 0 Å². The van der Waals surface area contributed by atoms with E-state index >= 15 is 0 Å². The SMILES string of the molecule is CCOc1ccc2[nH]c(=O)c(-c3nc4c(C)cccn4c3NCC3CCCO3)cc2c1. The standard InChI is InChI=1S/C24H26N4O3/c1-3-30-17-8-9-20-16(12-17)13-19(24(29)26-20)21-23(25-14-18-7-5-11-31-18)28-10-4-6-15(2)22(28)27-21/h4,6,8-10,12-13,18,25H,3,5,7,11,14H2,1-2H3,(H,26,29). The second-order valence-corrected chi connectivity index (χ2v) is 7.90. The van der Waals surface area contributed by atoms with Crippen LogP contribution in [0.1, 0.15) is 25.3 Å². The van der Waals surface area contributed by atoms with Gasteiger partial charge in [0.2, 0.25) is 0 Å². The molecule has 0 aliphatic carbocycles. The van der Waals surface area contributed by atoms with E-state index in [0.717, 1.165) is 53.1 Å². The molecule has 1 aliphatic rings. The highest BCUT2D eigenvalue weighted by molar-refractivity contribution is 5.87. The average molecular weight is 418 g/mol. The fourth-order valence-corrected chi connectivity index (χ4v) is 4.19. The van der Waals surface area contributed by atoms with Crippen LogP contribution in [-0.2, 0) is 4.74 Å². The predicted octanol–water partition coefficient (Wildman–Crippen LogP) is 4.14. The summed E-state index contributed by atoms with van der Waals surface area (Å²) in [6.45, 7) is 6.04. The summed E-state index contributed by atoms with van der Waals surface area (Å²) in [7, 11) is 0. The minimum absolute atomic E-state index is 0.169. The van der Waals surface area contributed by atoms with Gasteiger partial charge < -0.3 is 19.8 Å². The Balaban J connectivity index is 1.65. The molecule has 2 N–H and O–H groups in total. The smallest absolute Gasteiger partial charge is 0.258 e. The van der Waals surface area contributed by atoms with E-state index in [4.69, 9.17) is 14.5 Å². The van der Waals surface area contributed by atoms with Crippen LogP contribution >= 0.6 is 0 Å². The quantitative estimate of drug-likeness (QED) is 0.492. The predicted molar refractivity (Wildman–Crippen MR) is 122 cm³/mol. The molecular formula is C24H26N4O3. The number of nitrogens with one attached hydrogen (secondary N) is 2. The summed E-state index contributed by atoms with van der Waals surface area (Å²) in [6, 6.07) is 11.6. The van der Waals surface area contributed by atoms with Crippen molar-refractivity contribution in [3.63, 3.8) is 0 Å². The Bertz CT molecular complexity index is 1300. The third-order valence-corrected chi connectivity index (χ3v) is 5.75. The van der Waals surface area contributed by atoms with Gasteiger partial charge in [0.15, 0.2) is 0 Å². The van der Waals surface area contributed by atoms with Crippen LogP contribution in [0.3, 0.4) is 0 Å². The zero-order valence-electron chi connectivity index (χ0n) is 17.8. The molecule has 1 aliphatic heterocycles. The van der Waals surface area contributed by atoms with Gasteiger partial charge in [-0.1, -0.05) is 6.07 Å². The summed E-state index contributed by atoms with van der Waals surface area (Å²) < 4.78 is 13.4. The molecule has 1 aromatic carbocycles. The van der Waals surface area contributed by atoms with Crippen molar-refractivity contribution < 1.29 is 9.47 Å². The van der Waals surface area contributed by atoms with E-state index in [-0.39, 0.29) is 11.7 Å². The molecule has 0 bridgehead atoms. The van der Waals surface area contributed by atoms with Crippen LogP contribution in [0.2, 0.25) is 0 Å². The number of aromatic nitrogens is 3. The van der Waals surface area contributed by atoms with Crippen LogP contribution in [0.15, 0.2) is 47.4 Å². The molecule has 4 aromatic rings. The summed E-state index contributed by atoms with van der Waals surface area (Å²) in [5.74, 6) is 1.58. The molecule has 0 amide bonds. The maximum Gasteiger partial charge on any atom is 0.258 e. The third kappa shape index (κ3) is 3.65. The van der Waals surface area contributed by atoms with E-state index in [1.807, 2.05) is 60.8 Å². The first kappa shape index (κ1) is 19.6. The monoisotopic (exact) mass is 418 g/mol. The molecule has 1 unspecified atom stereocenters. The molecule has 31 heavy (non-hydrogen) atoms. The van der Waals surface area contributed by atoms with Gasteiger partial charge in [0.05, 0.1) is 18.3 Å². The molecule has 0 radical (unpaired) electrons. The summed E-state index contributed by atoms with van der Waals surface area (Å²) >= 11 is 0. The van der Waals surface area contributed by atoms with E-state index in [1.165, 1.54) is 0 Å². The highest BCUT2D eigenvalue weighted by atomic mass is 16.5. The lowest BCUT2D eigenvalue weighted by atomic mass is 10.1. The molecule has 4 heterocycles. The zero-order chi connectivity index (χ0) is 21.4. The fraction of sp³-hybridized carbons (Fsp3) is 0.333. The number of imidazole rings is 1. The molecule has 0 saturated carbocycles. The van der Waals surface area contributed by atoms with Gasteiger partial charge in [0.25, 0.3) is 5.56 Å². The fourth-order valence-electron chi connectivity index (χ4n) is 4.19. The molecule has 5 rings (SSSR count). The molecule has 1 saturated heterocycles. The lowest BCUT2D eigenvalue weighted by Crippen LogP contribution is -2.20. The number of aryl methyl sites for hydroxylation is 1. The van der Waals surface area contributed by atoms with E-state index in [1.54, 1.807) is 0 Å². The van der Waals surface area contributed by atoms with Gasteiger partial charge in [-0.05, 0) is 62.6 Å². The Hall–Kier alpha value is -3.32. The number of ether oxygens (including phenoxy) is 2. The first-order valence-electron chi connectivity index (χ1n) is 10.8. The number of nitrogens with zero attached hydrogens (tertiary/aromatic N) is 2. The number of hydrogen-bond donors (Lipinski definition) is 2. The Kier molecular flexibility index (Phi) is 5.11. The second-order valence-electron chi connectivity index (χ2n) is 7.90. The molecule has 1 fully saturated rings. The van der Waals surface area contributed by atoms with E-state index in [0.29, 0.717) is 24.4 Å². The first-order valence-corrected chi connectivity index (χ1v) is 10.8. The number of H-pyrrole nitrogens is 1. The van der Waals surface area contributed by atoms with Crippen LogP contribution in [0, 0.1) is 6.92 Å². The number of pyridine rings is 2. The van der Waals surface area contributed by atoms with Crippen molar-refractivity contribution in [2.24, 2.45) is 0 Å². The van der Waals surface area contributed by atoms with Crippen molar-refractivity contribution in [3.05, 3.63) is 58.5 Å². The Labute approximate surface area is 180 Å². The van der Waals surface area contributed by atoms with Gasteiger partial charge in [0.1, 0.15) is 22.9 Å². The Morgan fingerprint density at radius 3 is 3.03 bits per heavy atom. The third-order valence-electron chi connectivity index (χ3n) is 5.75. The molecule has 160 valence electrons. The molecule has 3 aromatic heterocycles. The second kappa shape index (κ2) is 8.07. The van der Waals surface area contributed by atoms with Gasteiger partial charge in [-0.2, -0.15) is 0 Å². The maximum atomic E-state index is 13.0. The molecular weight excluding hydrogens is 392 g/mol. The Morgan fingerprint density at radius 2 is 2.23 bits per heavy atom. The van der Waals surface area contributed by atoms with E-state index in [9.17, 15) is 4.79 Å². The highest BCUT2D eigenvalue weighted by Crippen LogP contribution is 2.30. The lowest BCUT2D eigenvalue weighted by Gasteiger charge is -2.13. The molecule has 0 spiro atoms. The molecule has 7 heteroatoms. The number of benzene rings is 1. The molecule has 7 nitrogen and oxygen atoms in total. The number of hydrogen-bond acceptors (Lipinski definition) is 5. The lowest BCUT2D eigenvalue weighted by molar-refractivity contribution is 0.120. The van der Waals surface area contributed by atoms with E-state index < -0.39 is 0 Å². The largest absolute Gasteiger partial charge is 0.494 e. The zero-order valence-corrected chi connectivity index (χ0v) is 17.8. The van der Waals surface area contributed by atoms with Crippen molar-refractivity contribution >= 4 is 22.4 Å². The normalized spacial score (nSPS) is 16.3. The first-order chi connectivity index (χ1) is 15.1. The van der Waals surface area contributed by atoms with Crippen molar-refractivity contribution in [2.75, 3.05) is 25.1 Å². The minimum atomic E-state index is -0.169. The Morgan fingerprint density at radius 1 is 1.32 bits per heavy atom. The van der Waals surface area contributed by atoms with Crippen LogP contribution < -0.4 is 15.6 Å². The highest BCUT2D eigenvalue weighted by Gasteiger charge is 2.21. The summed E-state index contributed by atoms with van der Waals surface area (Å²) in [6.07, 6.45) is 4.26. The molecule has 1 atom stereocenters. The van der Waals surface area contributed by atoms with Crippen molar-refractivity contribution in [3.8, 4) is 17.0 Å². The summed E-state index contributed by atoms with van der Waals surface area (Å²) in [4.78, 5) is 20.9. The minimum Gasteiger partial charge on any atom is -0.494 e. The maximum absolute atomic E-state index is 13.0. The number of aromatic amines is 1. The average Bonchev–Trinajstić information content (AvgIpc) is 3.41. The van der Waals surface area contributed by atoms with Crippen molar-refractivity contribution in [2.45, 2.75) is 32.8 Å². The van der Waals surface area contributed by atoms with Gasteiger partial charge in [-0.25, -0.2) is 4.98 Å². The van der Waals surface area contributed by atoms with Crippen molar-refractivity contribution in [1.82, 2.24) is 14.4 Å². The van der Waals surface area contributed by atoms with Crippen LogP contribution in [-0.4, -0.2) is 40.2 Å². The number of rotatable bonds is 6. The van der Waals surface area contributed by atoms with E-state index in [2.05, 4.69) is 10.3 Å². The van der Waals surface area contributed by atoms with Crippen LogP contribution in [0.4, 0.5) is 5.82 Å².